The van der Waals surface area contributed by atoms with Crippen LogP contribution in [0.3, 0.4) is 0 Å². The molecular weight excluding hydrogens is 322 g/mol. The summed E-state index contributed by atoms with van der Waals surface area (Å²) in [6.07, 6.45) is 6.23. The van der Waals surface area contributed by atoms with Gasteiger partial charge in [0.2, 0.25) is 11.8 Å². The van der Waals surface area contributed by atoms with Crippen LogP contribution in [0.4, 0.5) is 0 Å². The molecule has 2 aliphatic rings. The molecule has 2 aromatic heterocycles. The van der Waals surface area contributed by atoms with Crippen molar-refractivity contribution in [3.05, 3.63) is 41.8 Å². The molecule has 1 aliphatic heterocycles. The van der Waals surface area contributed by atoms with Gasteiger partial charge in [0.1, 0.15) is 6.61 Å². The van der Waals surface area contributed by atoms with Crippen molar-refractivity contribution in [2.45, 2.75) is 50.5 Å². The minimum Gasteiger partial charge on any atom is -0.377 e. The number of pyridine rings is 1. The minimum absolute atomic E-state index is 0.00456. The molecule has 2 aromatic rings. The van der Waals surface area contributed by atoms with Crippen LogP contribution in [-0.4, -0.2) is 45.1 Å². The van der Waals surface area contributed by atoms with E-state index in [1.165, 1.54) is 0 Å². The average Bonchev–Trinajstić information content (AvgIpc) is 3.27. The Labute approximate surface area is 145 Å². The summed E-state index contributed by atoms with van der Waals surface area (Å²) in [5.74, 6) is 1.21. The second kappa shape index (κ2) is 6.89. The number of nitrogens with one attached hydrogen (secondary N) is 1. The van der Waals surface area contributed by atoms with Gasteiger partial charge in [0.25, 0.3) is 0 Å². The van der Waals surface area contributed by atoms with Crippen molar-refractivity contribution in [1.29, 1.82) is 0 Å². The van der Waals surface area contributed by atoms with Gasteiger partial charge < -0.3 is 19.5 Å². The largest absolute Gasteiger partial charge is 0.377 e. The molecule has 1 amide bonds. The lowest BCUT2D eigenvalue weighted by atomic mass is 10.0. The number of carbonyl (C=O) groups excluding carboxylic acids is 1. The van der Waals surface area contributed by atoms with Crippen LogP contribution < -0.4 is 5.32 Å². The molecule has 1 saturated heterocycles. The van der Waals surface area contributed by atoms with Crippen molar-refractivity contribution in [2.24, 2.45) is 0 Å². The van der Waals surface area contributed by atoms with E-state index in [2.05, 4.69) is 20.4 Å². The first kappa shape index (κ1) is 16.2. The third-order valence-electron chi connectivity index (χ3n) is 4.63. The number of hydrogen-bond acceptors (Lipinski definition) is 7. The molecule has 25 heavy (non-hydrogen) atoms. The van der Waals surface area contributed by atoms with Crippen LogP contribution in [0.5, 0.6) is 0 Å². The average molecular weight is 343 g/mol. The number of carbonyl (C=O) groups is 1. The second-order valence-corrected chi connectivity index (χ2v) is 6.49. The smallest absolute Gasteiger partial charge is 0.240 e. The SMILES string of the molecule is COCc1noc(CN[C@@H]2CC(=O)N(C3CC3)[C@H]2c2cccnc2)n1. The summed E-state index contributed by atoms with van der Waals surface area (Å²) in [7, 11) is 1.59. The Morgan fingerprint density at radius 2 is 2.32 bits per heavy atom. The van der Waals surface area contributed by atoms with E-state index in [0.717, 1.165) is 18.4 Å². The molecule has 0 unspecified atom stereocenters. The lowest BCUT2D eigenvalue weighted by molar-refractivity contribution is -0.129. The van der Waals surface area contributed by atoms with Gasteiger partial charge in [-0.3, -0.25) is 9.78 Å². The van der Waals surface area contributed by atoms with Crippen LogP contribution in [0, 0.1) is 0 Å². The highest BCUT2D eigenvalue weighted by Crippen LogP contribution is 2.41. The number of nitrogens with zero attached hydrogens (tertiary/aromatic N) is 4. The summed E-state index contributed by atoms with van der Waals surface area (Å²) in [4.78, 5) is 23.1. The van der Waals surface area contributed by atoms with Crippen molar-refractivity contribution < 1.29 is 14.1 Å². The fraction of sp³-hybridized carbons (Fsp3) is 0.529. The molecule has 4 rings (SSSR count). The van der Waals surface area contributed by atoms with E-state index in [-0.39, 0.29) is 18.0 Å². The topological polar surface area (TPSA) is 93.4 Å². The van der Waals surface area contributed by atoms with Crippen molar-refractivity contribution in [3.8, 4) is 0 Å². The molecule has 1 saturated carbocycles. The fourth-order valence-corrected chi connectivity index (χ4v) is 3.43. The Bertz CT molecular complexity index is 731. The highest BCUT2D eigenvalue weighted by atomic mass is 16.5. The number of hydrogen-bond donors (Lipinski definition) is 1. The fourth-order valence-electron chi connectivity index (χ4n) is 3.43. The van der Waals surface area contributed by atoms with Gasteiger partial charge in [0.05, 0.1) is 12.6 Å². The molecule has 8 heteroatoms. The van der Waals surface area contributed by atoms with Crippen LogP contribution in [0.2, 0.25) is 0 Å². The van der Waals surface area contributed by atoms with E-state index in [0.29, 0.717) is 37.3 Å². The molecular formula is C17H21N5O3. The first-order chi connectivity index (χ1) is 12.3. The Kier molecular flexibility index (Phi) is 4.46. The first-order valence-corrected chi connectivity index (χ1v) is 8.51. The van der Waals surface area contributed by atoms with Gasteiger partial charge in [-0.05, 0) is 24.5 Å². The van der Waals surface area contributed by atoms with Crippen molar-refractivity contribution >= 4 is 5.91 Å². The van der Waals surface area contributed by atoms with Crippen LogP contribution in [-0.2, 0) is 22.7 Å². The number of ether oxygens (including phenoxy) is 1. The third kappa shape index (κ3) is 3.40. The van der Waals surface area contributed by atoms with E-state index < -0.39 is 0 Å². The quantitative estimate of drug-likeness (QED) is 0.807. The Balaban J connectivity index is 1.49. The molecule has 0 bridgehead atoms. The van der Waals surface area contributed by atoms with Gasteiger partial charge in [-0.1, -0.05) is 11.2 Å². The highest BCUT2D eigenvalue weighted by Gasteiger charge is 2.47. The van der Waals surface area contributed by atoms with Crippen molar-refractivity contribution in [3.63, 3.8) is 0 Å². The standard InChI is InChI=1S/C17H21N5O3/c1-24-10-14-20-15(25-21-14)9-19-13-7-16(23)22(12-4-5-12)17(13)11-3-2-6-18-8-11/h2-3,6,8,12-13,17,19H,4-5,7,9-10H2,1H3/t13-,17+/m1/s1. The number of methoxy groups -OCH3 is 1. The van der Waals surface area contributed by atoms with Crippen LogP contribution >= 0.6 is 0 Å². The molecule has 1 aliphatic carbocycles. The lowest BCUT2D eigenvalue weighted by Crippen LogP contribution is -2.37. The molecule has 2 atom stereocenters. The normalized spacial score (nSPS) is 23.4. The van der Waals surface area contributed by atoms with E-state index in [1.54, 1.807) is 13.3 Å². The van der Waals surface area contributed by atoms with Crippen molar-refractivity contribution in [1.82, 2.24) is 25.3 Å². The summed E-state index contributed by atoms with van der Waals surface area (Å²) >= 11 is 0. The number of amides is 1. The summed E-state index contributed by atoms with van der Waals surface area (Å²) < 4.78 is 10.2. The van der Waals surface area contributed by atoms with Crippen LogP contribution in [0.25, 0.3) is 0 Å². The summed E-state index contributed by atoms with van der Waals surface area (Å²) in [6.45, 7) is 0.739. The molecule has 8 nitrogen and oxygen atoms in total. The van der Waals surface area contributed by atoms with Gasteiger partial charge in [0, 0.05) is 38.0 Å². The van der Waals surface area contributed by atoms with Gasteiger partial charge >= 0.3 is 0 Å². The monoisotopic (exact) mass is 343 g/mol. The lowest BCUT2D eigenvalue weighted by Gasteiger charge is -2.28. The Morgan fingerprint density at radius 3 is 3.04 bits per heavy atom. The summed E-state index contributed by atoms with van der Waals surface area (Å²) in [5, 5.41) is 7.28. The number of rotatable bonds is 7. The zero-order valence-electron chi connectivity index (χ0n) is 14.1. The third-order valence-corrected chi connectivity index (χ3v) is 4.63. The predicted molar refractivity (Wildman–Crippen MR) is 87.1 cm³/mol. The maximum Gasteiger partial charge on any atom is 0.240 e. The minimum atomic E-state index is -0.00457. The maximum absolute atomic E-state index is 12.5. The predicted octanol–water partition coefficient (Wildman–Crippen LogP) is 1.21. The molecule has 132 valence electrons. The van der Waals surface area contributed by atoms with Gasteiger partial charge in [-0.25, -0.2) is 0 Å². The van der Waals surface area contributed by atoms with Gasteiger partial charge in [0.15, 0.2) is 5.82 Å². The maximum atomic E-state index is 12.5. The van der Waals surface area contributed by atoms with E-state index in [1.807, 2.05) is 23.2 Å². The van der Waals surface area contributed by atoms with E-state index >= 15 is 0 Å². The van der Waals surface area contributed by atoms with Crippen LogP contribution in [0.1, 0.15) is 42.6 Å². The zero-order chi connectivity index (χ0) is 17.2. The highest BCUT2D eigenvalue weighted by molar-refractivity contribution is 5.81. The van der Waals surface area contributed by atoms with Gasteiger partial charge in [-0.15, -0.1) is 0 Å². The molecule has 0 radical (unpaired) electrons. The first-order valence-electron chi connectivity index (χ1n) is 8.51. The van der Waals surface area contributed by atoms with Crippen LogP contribution in [0.15, 0.2) is 29.0 Å². The number of aromatic nitrogens is 3. The second-order valence-electron chi connectivity index (χ2n) is 6.49. The van der Waals surface area contributed by atoms with Crippen molar-refractivity contribution in [2.75, 3.05) is 7.11 Å². The summed E-state index contributed by atoms with van der Waals surface area (Å²) in [5.41, 5.74) is 1.06. The Hall–Kier alpha value is -2.32. The zero-order valence-corrected chi connectivity index (χ0v) is 14.1. The van der Waals surface area contributed by atoms with E-state index in [9.17, 15) is 4.79 Å². The Morgan fingerprint density at radius 1 is 1.44 bits per heavy atom. The molecule has 0 aromatic carbocycles. The van der Waals surface area contributed by atoms with Gasteiger partial charge in [-0.2, -0.15) is 4.98 Å². The molecule has 0 spiro atoms. The molecule has 2 fully saturated rings. The summed E-state index contributed by atoms with van der Waals surface area (Å²) in [6, 6.07) is 4.30. The number of likely N-dealkylation sites (tertiary alicyclic amines) is 1. The van der Waals surface area contributed by atoms with E-state index in [4.69, 9.17) is 9.26 Å². The molecule has 1 N–H and O–H groups in total. The molecule has 3 heterocycles.